The molecule has 5 nitrogen and oxygen atoms in total. The maximum Gasteiger partial charge on any atom is 0.256 e. The summed E-state index contributed by atoms with van der Waals surface area (Å²) in [6, 6.07) is 6.01. The number of nitrogens with zero attached hydrogens (tertiary/aromatic N) is 2. The van der Waals surface area contributed by atoms with Crippen LogP contribution in [0.3, 0.4) is 0 Å². The zero-order valence-corrected chi connectivity index (χ0v) is 16.1. The molecule has 1 N–H and O–H groups in total. The first kappa shape index (κ1) is 19.8. The normalized spacial score (nSPS) is 19.9. The van der Waals surface area contributed by atoms with Gasteiger partial charge in [-0.25, -0.2) is 4.39 Å². The van der Waals surface area contributed by atoms with Crippen LogP contribution in [0.15, 0.2) is 24.3 Å². The van der Waals surface area contributed by atoms with E-state index < -0.39 is 5.82 Å². The zero-order chi connectivity index (χ0) is 19.2. The van der Waals surface area contributed by atoms with Gasteiger partial charge in [0.05, 0.1) is 11.6 Å². The molecule has 1 heterocycles. The van der Waals surface area contributed by atoms with Crippen molar-refractivity contribution < 1.29 is 14.0 Å². The highest BCUT2D eigenvalue weighted by Gasteiger charge is 2.37. The van der Waals surface area contributed by atoms with E-state index in [1.54, 1.807) is 17.0 Å². The van der Waals surface area contributed by atoms with Crippen LogP contribution in [0.1, 0.15) is 49.4 Å². The van der Waals surface area contributed by atoms with Gasteiger partial charge in [-0.15, -0.1) is 0 Å². The number of hydrogen-bond acceptors (Lipinski definition) is 3. The molecule has 6 heteroatoms. The molecule has 2 fully saturated rings. The van der Waals surface area contributed by atoms with Gasteiger partial charge in [0.15, 0.2) is 0 Å². The second kappa shape index (κ2) is 9.31. The van der Waals surface area contributed by atoms with Crippen molar-refractivity contribution in [2.45, 2.75) is 45.1 Å². The molecule has 2 aliphatic rings. The van der Waals surface area contributed by atoms with Crippen molar-refractivity contribution >= 4 is 11.8 Å². The fourth-order valence-corrected chi connectivity index (χ4v) is 4.31. The Morgan fingerprint density at radius 3 is 2.44 bits per heavy atom. The summed E-state index contributed by atoms with van der Waals surface area (Å²) >= 11 is 0. The number of hydrogen-bond donors (Lipinski definition) is 1. The van der Waals surface area contributed by atoms with Crippen LogP contribution in [-0.2, 0) is 4.79 Å². The van der Waals surface area contributed by atoms with Crippen LogP contribution in [-0.4, -0.2) is 60.4 Å². The highest BCUT2D eigenvalue weighted by atomic mass is 19.1. The number of carbonyl (C=O) groups is 2. The number of benzene rings is 1. The Labute approximate surface area is 160 Å². The first-order valence-electron chi connectivity index (χ1n) is 10.2. The lowest BCUT2D eigenvalue weighted by molar-refractivity contribution is -0.129. The zero-order valence-electron chi connectivity index (χ0n) is 16.1. The Balaban J connectivity index is 1.64. The predicted molar refractivity (Wildman–Crippen MR) is 103 cm³/mol. The second-order valence-electron chi connectivity index (χ2n) is 7.59. The summed E-state index contributed by atoms with van der Waals surface area (Å²) in [6.07, 6.45) is 5.49. The number of halogens is 1. The van der Waals surface area contributed by atoms with Crippen molar-refractivity contribution in [3.05, 3.63) is 35.6 Å². The van der Waals surface area contributed by atoms with Crippen molar-refractivity contribution in [1.82, 2.24) is 15.1 Å². The Hall–Kier alpha value is -1.95. The summed E-state index contributed by atoms with van der Waals surface area (Å²) in [6.45, 7) is 5.11. The third kappa shape index (κ3) is 4.67. The van der Waals surface area contributed by atoms with Crippen molar-refractivity contribution in [3.63, 3.8) is 0 Å². The van der Waals surface area contributed by atoms with Crippen LogP contribution in [0.4, 0.5) is 4.39 Å². The molecule has 1 aliphatic carbocycles. The molecule has 3 rings (SSSR count). The average molecular weight is 375 g/mol. The van der Waals surface area contributed by atoms with Gasteiger partial charge in [-0.1, -0.05) is 31.9 Å². The minimum absolute atomic E-state index is 0.107. The fourth-order valence-electron chi connectivity index (χ4n) is 4.31. The van der Waals surface area contributed by atoms with E-state index >= 15 is 0 Å². The van der Waals surface area contributed by atoms with E-state index in [2.05, 4.69) is 17.1 Å². The van der Waals surface area contributed by atoms with Gasteiger partial charge in [0, 0.05) is 32.7 Å². The molecule has 0 aromatic heterocycles. The first-order chi connectivity index (χ1) is 13.1. The lowest BCUT2D eigenvalue weighted by Gasteiger charge is -2.40. The molecule has 1 aromatic carbocycles. The molecule has 27 heavy (non-hydrogen) atoms. The molecule has 1 atom stereocenters. The van der Waals surface area contributed by atoms with Crippen molar-refractivity contribution in [3.8, 4) is 0 Å². The second-order valence-corrected chi connectivity index (χ2v) is 7.59. The lowest BCUT2D eigenvalue weighted by atomic mass is 9.95. The number of amides is 2. The van der Waals surface area contributed by atoms with E-state index in [9.17, 15) is 14.0 Å². The molecular weight excluding hydrogens is 345 g/mol. The molecule has 148 valence electrons. The molecule has 0 bridgehead atoms. The van der Waals surface area contributed by atoms with Crippen LogP contribution >= 0.6 is 0 Å². The van der Waals surface area contributed by atoms with E-state index in [0.717, 1.165) is 19.3 Å². The predicted octanol–water partition coefficient (Wildman–Crippen LogP) is 2.67. The van der Waals surface area contributed by atoms with Crippen molar-refractivity contribution in [2.24, 2.45) is 5.92 Å². The molecule has 2 amide bonds. The highest BCUT2D eigenvalue weighted by molar-refractivity contribution is 5.94. The molecule has 0 spiro atoms. The minimum atomic E-state index is -0.479. The Bertz CT molecular complexity index is 653. The third-order valence-corrected chi connectivity index (χ3v) is 5.76. The molecular formula is C21H30FN3O2. The Morgan fingerprint density at radius 2 is 1.81 bits per heavy atom. The number of rotatable bonds is 6. The van der Waals surface area contributed by atoms with Gasteiger partial charge < -0.3 is 10.2 Å². The highest BCUT2D eigenvalue weighted by Crippen LogP contribution is 2.31. The number of carbonyl (C=O) groups excluding carboxylic acids is 2. The molecule has 1 aliphatic heterocycles. The standard InChI is InChI=1S/C21H30FN3O2/c1-2-11-23-20(26)19(16-7-3-4-8-16)24-12-14-25(15-13-24)21(27)17-9-5-6-10-18(17)22/h5-6,9-10,16,19H,2-4,7-8,11-15H2,1H3,(H,23,26)/t19-/m0/s1. The number of nitrogens with one attached hydrogen (secondary N) is 1. The van der Waals surface area contributed by atoms with E-state index in [-0.39, 0.29) is 23.4 Å². The van der Waals surface area contributed by atoms with Gasteiger partial charge in [0.2, 0.25) is 5.91 Å². The smallest absolute Gasteiger partial charge is 0.256 e. The van der Waals surface area contributed by atoms with Crippen LogP contribution in [0.5, 0.6) is 0 Å². The monoisotopic (exact) mass is 375 g/mol. The van der Waals surface area contributed by atoms with E-state index in [1.165, 1.54) is 25.0 Å². The summed E-state index contributed by atoms with van der Waals surface area (Å²) in [5.41, 5.74) is 0.124. The quantitative estimate of drug-likeness (QED) is 0.832. The van der Waals surface area contributed by atoms with Gasteiger partial charge in [-0.05, 0) is 37.3 Å². The van der Waals surface area contributed by atoms with E-state index in [0.29, 0.717) is 38.6 Å². The van der Waals surface area contributed by atoms with Crippen LogP contribution < -0.4 is 5.32 Å². The molecule has 0 radical (unpaired) electrons. The lowest BCUT2D eigenvalue weighted by Crippen LogP contribution is -2.58. The maximum absolute atomic E-state index is 13.9. The maximum atomic E-state index is 13.9. The SMILES string of the molecule is CCCNC(=O)[C@H](C1CCCC1)N1CCN(C(=O)c2ccccc2F)CC1. The summed E-state index contributed by atoms with van der Waals surface area (Å²) < 4.78 is 13.9. The van der Waals surface area contributed by atoms with Gasteiger partial charge in [0.1, 0.15) is 5.82 Å². The molecule has 1 aromatic rings. The number of piperazine rings is 1. The Kier molecular flexibility index (Phi) is 6.83. The van der Waals surface area contributed by atoms with Gasteiger partial charge in [-0.2, -0.15) is 0 Å². The van der Waals surface area contributed by atoms with Crippen LogP contribution in [0, 0.1) is 11.7 Å². The largest absolute Gasteiger partial charge is 0.355 e. The summed E-state index contributed by atoms with van der Waals surface area (Å²) in [7, 11) is 0. The molecule has 1 saturated carbocycles. The first-order valence-corrected chi connectivity index (χ1v) is 10.2. The summed E-state index contributed by atoms with van der Waals surface area (Å²) in [4.78, 5) is 29.3. The van der Waals surface area contributed by atoms with Gasteiger partial charge >= 0.3 is 0 Å². The van der Waals surface area contributed by atoms with Gasteiger partial charge in [0.25, 0.3) is 5.91 Å². The summed E-state index contributed by atoms with van der Waals surface area (Å²) in [5.74, 6) is -0.221. The third-order valence-electron chi connectivity index (χ3n) is 5.76. The van der Waals surface area contributed by atoms with Crippen molar-refractivity contribution in [1.29, 1.82) is 0 Å². The average Bonchev–Trinajstić information content (AvgIpc) is 3.21. The van der Waals surface area contributed by atoms with E-state index in [1.807, 2.05) is 0 Å². The van der Waals surface area contributed by atoms with Crippen molar-refractivity contribution in [2.75, 3.05) is 32.7 Å². The topological polar surface area (TPSA) is 52.7 Å². The van der Waals surface area contributed by atoms with E-state index in [4.69, 9.17) is 0 Å². The molecule has 0 unspecified atom stereocenters. The Morgan fingerprint density at radius 1 is 1.15 bits per heavy atom. The molecule has 1 saturated heterocycles. The van der Waals surface area contributed by atoms with Gasteiger partial charge in [-0.3, -0.25) is 14.5 Å². The minimum Gasteiger partial charge on any atom is -0.355 e. The fraction of sp³-hybridized carbons (Fsp3) is 0.619. The van der Waals surface area contributed by atoms with Crippen LogP contribution in [0.25, 0.3) is 0 Å². The van der Waals surface area contributed by atoms with Crippen LogP contribution in [0.2, 0.25) is 0 Å². The summed E-state index contributed by atoms with van der Waals surface area (Å²) in [5, 5.41) is 3.06.